The van der Waals surface area contributed by atoms with Gasteiger partial charge >= 0.3 is 6.16 Å². The number of hydrogen-bond donors (Lipinski definition) is 0. The van der Waals surface area contributed by atoms with E-state index in [1.54, 1.807) is 0 Å². The van der Waals surface area contributed by atoms with Gasteiger partial charge in [0.05, 0.1) is 13.2 Å². The van der Waals surface area contributed by atoms with Crippen LogP contribution in [0.5, 0.6) is 0 Å². The van der Waals surface area contributed by atoms with Gasteiger partial charge in [-0.2, -0.15) is 0 Å². The monoisotopic (exact) mass is 374 g/mol. The summed E-state index contributed by atoms with van der Waals surface area (Å²) in [5.41, 5.74) is 1.97. The molecule has 0 bridgehead atoms. The molecule has 144 valence electrons. The Hall–Kier alpha value is -3.17. The topological polar surface area (TPSA) is 35.5 Å². The van der Waals surface area contributed by atoms with Crippen LogP contribution in [-0.4, -0.2) is 19.4 Å². The van der Waals surface area contributed by atoms with Crippen molar-refractivity contribution in [1.82, 2.24) is 0 Å². The van der Waals surface area contributed by atoms with Crippen LogP contribution >= 0.6 is 0 Å². The van der Waals surface area contributed by atoms with Crippen LogP contribution in [0.4, 0.5) is 4.79 Å². The lowest BCUT2D eigenvalue weighted by Gasteiger charge is -2.08. The Kier molecular flexibility index (Phi) is 9.25. The predicted molar refractivity (Wildman–Crippen MR) is 112 cm³/mol. The van der Waals surface area contributed by atoms with Gasteiger partial charge in [0.25, 0.3) is 0 Å². The van der Waals surface area contributed by atoms with Crippen LogP contribution in [0.25, 0.3) is 0 Å². The van der Waals surface area contributed by atoms with Gasteiger partial charge in [0.15, 0.2) is 0 Å². The summed E-state index contributed by atoms with van der Waals surface area (Å²) < 4.78 is 10.2. The van der Waals surface area contributed by atoms with Crippen LogP contribution in [0.2, 0.25) is 0 Å². The highest BCUT2D eigenvalue weighted by atomic mass is 16.7. The van der Waals surface area contributed by atoms with Crippen molar-refractivity contribution in [1.29, 1.82) is 0 Å². The molecule has 0 fully saturated rings. The highest BCUT2D eigenvalue weighted by molar-refractivity contribution is 5.59. The molecule has 2 atom stereocenters. The summed E-state index contributed by atoms with van der Waals surface area (Å²) in [5, 5.41) is 0. The van der Waals surface area contributed by atoms with E-state index in [9.17, 15) is 4.79 Å². The summed E-state index contributed by atoms with van der Waals surface area (Å²) in [6.07, 6.45) is 0.716. The van der Waals surface area contributed by atoms with Crippen molar-refractivity contribution in [2.75, 3.05) is 13.2 Å². The first-order valence-corrected chi connectivity index (χ1v) is 9.56. The number of carbonyl (C=O) groups excluding carboxylic acids is 1. The van der Waals surface area contributed by atoms with Gasteiger partial charge in [-0.3, -0.25) is 0 Å². The number of carbonyl (C=O) groups is 1. The van der Waals surface area contributed by atoms with Crippen molar-refractivity contribution in [2.45, 2.75) is 26.7 Å². The zero-order valence-electron chi connectivity index (χ0n) is 16.5. The van der Waals surface area contributed by atoms with Gasteiger partial charge in [-0.05, 0) is 37.1 Å². The van der Waals surface area contributed by atoms with Crippen LogP contribution in [-0.2, 0) is 9.47 Å². The second-order valence-corrected chi connectivity index (χ2v) is 6.60. The van der Waals surface area contributed by atoms with Crippen molar-refractivity contribution in [3.05, 3.63) is 71.8 Å². The van der Waals surface area contributed by atoms with Gasteiger partial charge < -0.3 is 9.47 Å². The van der Waals surface area contributed by atoms with E-state index in [2.05, 4.69) is 23.7 Å². The fourth-order valence-corrected chi connectivity index (χ4v) is 2.28. The van der Waals surface area contributed by atoms with Crippen LogP contribution in [0.3, 0.4) is 0 Å². The normalized spacial score (nSPS) is 11.8. The number of rotatable bonds is 6. The predicted octanol–water partition coefficient (Wildman–Crippen LogP) is 5.30. The fraction of sp³-hybridized carbons (Fsp3) is 0.320. The molecule has 28 heavy (non-hydrogen) atoms. The van der Waals surface area contributed by atoms with E-state index in [-0.39, 0.29) is 11.8 Å². The average Bonchev–Trinajstić information content (AvgIpc) is 2.72. The van der Waals surface area contributed by atoms with Crippen LogP contribution < -0.4 is 0 Å². The second kappa shape index (κ2) is 12.3. The Morgan fingerprint density at radius 2 is 1.14 bits per heavy atom. The van der Waals surface area contributed by atoms with E-state index >= 15 is 0 Å². The van der Waals surface area contributed by atoms with Crippen LogP contribution in [0, 0.1) is 35.5 Å². The first-order chi connectivity index (χ1) is 13.6. The first-order valence-electron chi connectivity index (χ1n) is 9.56. The molecule has 0 aliphatic carbocycles. The van der Waals surface area contributed by atoms with Crippen molar-refractivity contribution in [3.8, 4) is 23.7 Å². The summed E-state index contributed by atoms with van der Waals surface area (Å²) in [5.74, 6) is 12.8. The molecule has 0 aliphatic rings. The second-order valence-electron chi connectivity index (χ2n) is 6.60. The van der Waals surface area contributed by atoms with Gasteiger partial charge in [-0.1, -0.05) is 73.9 Å². The van der Waals surface area contributed by atoms with Gasteiger partial charge in [0.1, 0.15) is 0 Å². The number of hydrogen-bond acceptors (Lipinski definition) is 3. The van der Waals surface area contributed by atoms with Crippen LogP contribution in [0.1, 0.15) is 37.8 Å². The van der Waals surface area contributed by atoms with Gasteiger partial charge in [-0.25, -0.2) is 4.79 Å². The molecule has 0 N–H and O–H groups in total. The molecule has 0 heterocycles. The third-order valence-electron chi connectivity index (χ3n) is 4.01. The van der Waals surface area contributed by atoms with Gasteiger partial charge in [0, 0.05) is 23.0 Å². The molecule has 0 amide bonds. The van der Waals surface area contributed by atoms with E-state index in [0.29, 0.717) is 26.1 Å². The van der Waals surface area contributed by atoms with E-state index in [4.69, 9.17) is 9.47 Å². The molecule has 2 rings (SSSR count). The zero-order chi connectivity index (χ0) is 20.0. The Morgan fingerprint density at radius 1 is 0.750 bits per heavy atom. The maximum absolute atomic E-state index is 11.6. The van der Waals surface area contributed by atoms with Crippen molar-refractivity contribution in [2.24, 2.45) is 11.8 Å². The quantitative estimate of drug-likeness (QED) is 0.509. The zero-order valence-corrected chi connectivity index (χ0v) is 16.5. The molecule has 3 nitrogen and oxygen atoms in total. The molecule has 0 spiro atoms. The number of benzene rings is 2. The van der Waals surface area contributed by atoms with E-state index in [1.807, 2.05) is 74.5 Å². The standard InChI is InChI=1S/C25H26O3/c1-21(13-15-23-9-5-3-6-10-23)17-19-27-25(26)28-20-18-22(2)14-16-24-11-7-4-8-12-24/h3-12,21-22H,17-20H2,1-2H3. The van der Waals surface area contributed by atoms with E-state index < -0.39 is 6.16 Å². The SMILES string of the molecule is CC(C#Cc1ccccc1)CCOC(=O)OCCC(C)C#Cc1ccccc1. The summed E-state index contributed by atoms with van der Waals surface area (Å²) in [4.78, 5) is 11.6. The largest absolute Gasteiger partial charge is 0.508 e. The Balaban J connectivity index is 1.59. The van der Waals surface area contributed by atoms with Crippen LogP contribution in [0.15, 0.2) is 60.7 Å². The molecule has 0 aromatic heterocycles. The summed E-state index contributed by atoms with van der Waals surface area (Å²) in [7, 11) is 0. The molecular formula is C25H26O3. The molecule has 0 saturated heterocycles. The van der Waals surface area contributed by atoms with E-state index in [0.717, 1.165) is 11.1 Å². The van der Waals surface area contributed by atoms with E-state index in [1.165, 1.54) is 0 Å². The molecular weight excluding hydrogens is 348 g/mol. The van der Waals surface area contributed by atoms with Gasteiger partial charge in [-0.15, -0.1) is 0 Å². The molecule has 2 aromatic carbocycles. The Labute approximate surface area is 168 Å². The lowest BCUT2D eigenvalue weighted by atomic mass is 10.1. The lowest BCUT2D eigenvalue weighted by Crippen LogP contribution is -2.12. The minimum absolute atomic E-state index is 0.140. The summed E-state index contributed by atoms with van der Waals surface area (Å²) >= 11 is 0. The lowest BCUT2D eigenvalue weighted by molar-refractivity contribution is 0.0511. The Bertz CT molecular complexity index is 764. The third kappa shape index (κ3) is 8.97. The molecule has 0 saturated carbocycles. The minimum Gasteiger partial charge on any atom is -0.434 e. The van der Waals surface area contributed by atoms with Gasteiger partial charge in [0.2, 0.25) is 0 Å². The Morgan fingerprint density at radius 3 is 1.54 bits per heavy atom. The molecule has 3 heteroatoms. The summed E-state index contributed by atoms with van der Waals surface area (Å²) in [6.45, 7) is 4.62. The minimum atomic E-state index is -0.633. The first kappa shape index (κ1) is 21.1. The van der Waals surface area contributed by atoms with Crippen molar-refractivity contribution < 1.29 is 14.3 Å². The highest BCUT2D eigenvalue weighted by Gasteiger charge is 2.06. The highest BCUT2D eigenvalue weighted by Crippen LogP contribution is 2.05. The average molecular weight is 374 g/mol. The number of ether oxygens (including phenoxy) is 2. The smallest absolute Gasteiger partial charge is 0.434 e. The fourth-order valence-electron chi connectivity index (χ4n) is 2.28. The molecule has 0 aliphatic heterocycles. The maximum atomic E-state index is 11.6. The molecule has 2 unspecified atom stereocenters. The van der Waals surface area contributed by atoms with Crippen molar-refractivity contribution >= 4 is 6.16 Å². The van der Waals surface area contributed by atoms with Crippen molar-refractivity contribution in [3.63, 3.8) is 0 Å². The third-order valence-corrected chi connectivity index (χ3v) is 4.01. The summed E-state index contributed by atoms with van der Waals surface area (Å²) in [6, 6.07) is 19.7. The molecule has 0 radical (unpaired) electrons. The molecule has 2 aromatic rings. The maximum Gasteiger partial charge on any atom is 0.508 e.